The maximum Gasteiger partial charge on any atom is 0.257 e. The first kappa shape index (κ1) is 18.3. The van der Waals surface area contributed by atoms with E-state index in [4.69, 9.17) is 0 Å². The second-order valence-electron chi connectivity index (χ2n) is 6.68. The molecule has 0 bridgehead atoms. The number of nitrogens with one attached hydrogen (secondary N) is 2. The smallest absolute Gasteiger partial charge is 0.257 e. The Hall–Kier alpha value is -3.04. The number of amides is 1. The molecule has 2 aromatic heterocycles. The van der Waals surface area contributed by atoms with Crippen LogP contribution in [0.5, 0.6) is 0 Å². The van der Waals surface area contributed by atoms with Crippen LogP contribution in [0.4, 0.5) is 5.82 Å². The lowest BCUT2D eigenvalue weighted by atomic mass is 10.1. The minimum atomic E-state index is -3.63. The van der Waals surface area contributed by atoms with E-state index in [2.05, 4.69) is 20.1 Å². The van der Waals surface area contributed by atoms with E-state index in [1.165, 1.54) is 12.1 Å². The highest BCUT2D eigenvalue weighted by Crippen LogP contribution is 2.23. The first-order valence-corrected chi connectivity index (χ1v) is 10.3. The lowest BCUT2D eigenvalue weighted by Crippen LogP contribution is -2.26. The van der Waals surface area contributed by atoms with Crippen LogP contribution >= 0.6 is 0 Å². The quantitative estimate of drug-likeness (QED) is 0.664. The van der Waals surface area contributed by atoms with Crippen molar-refractivity contribution >= 4 is 21.7 Å². The van der Waals surface area contributed by atoms with Gasteiger partial charge in [0.1, 0.15) is 0 Å². The number of anilines is 1. The number of hydrogen-bond acceptors (Lipinski definition) is 5. The molecule has 0 saturated heterocycles. The topological polar surface area (TPSA) is 106 Å². The Bertz CT molecular complexity index is 1120. The molecule has 0 atom stereocenters. The molecule has 0 spiro atoms. The van der Waals surface area contributed by atoms with E-state index >= 15 is 0 Å². The molecule has 0 radical (unpaired) electrons. The fraction of sp³-hybridized carbons (Fsp3) is 0.211. The van der Waals surface area contributed by atoms with Crippen LogP contribution in [0.15, 0.2) is 59.9 Å². The predicted octanol–water partition coefficient (Wildman–Crippen LogP) is 2.27. The van der Waals surface area contributed by atoms with Gasteiger partial charge in [0.05, 0.1) is 10.6 Å². The molecule has 1 fully saturated rings. The molecule has 144 valence electrons. The number of carbonyl (C=O) groups is 1. The van der Waals surface area contributed by atoms with Crippen LogP contribution in [-0.2, 0) is 10.0 Å². The van der Waals surface area contributed by atoms with Gasteiger partial charge in [0.15, 0.2) is 5.82 Å². The zero-order chi connectivity index (χ0) is 19.7. The summed E-state index contributed by atoms with van der Waals surface area (Å²) in [4.78, 5) is 16.7. The molecule has 1 saturated carbocycles. The van der Waals surface area contributed by atoms with Crippen molar-refractivity contribution in [2.45, 2.75) is 30.7 Å². The van der Waals surface area contributed by atoms with E-state index in [1.54, 1.807) is 54.5 Å². The molecule has 2 N–H and O–H groups in total. The Labute approximate surface area is 162 Å². The van der Waals surface area contributed by atoms with Crippen molar-refractivity contribution in [3.05, 3.63) is 66.1 Å². The Morgan fingerprint density at radius 1 is 1.14 bits per heavy atom. The molecule has 4 rings (SSSR count). The molecule has 1 aliphatic rings. The molecule has 0 aliphatic heterocycles. The third kappa shape index (κ3) is 3.95. The van der Waals surface area contributed by atoms with Gasteiger partial charge in [0, 0.05) is 36.3 Å². The van der Waals surface area contributed by atoms with Gasteiger partial charge in [0.2, 0.25) is 10.0 Å². The standard InChI is InChI=1S/C19H19N5O3S/c1-13-2-5-16(28(26,27)23-14-3-4-14)12-17(13)19(25)21-18-8-11-24(22-18)15-6-9-20-10-7-15/h2,5-12,14,23H,3-4H2,1H3,(H,21,22,25). The highest BCUT2D eigenvalue weighted by Gasteiger charge is 2.28. The van der Waals surface area contributed by atoms with Crippen molar-refractivity contribution in [1.29, 1.82) is 0 Å². The zero-order valence-corrected chi connectivity index (χ0v) is 16.0. The summed E-state index contributed by atoms with van der Waals surface area (Å²) in [5.41, 5.74) is 1.78. The molecule has 9 heteroatoms. The maximum atomic E-state index is 12.7. The first-order valence-electron chi connectivity index (χ1n) is 8.83. The largest absolute Gasteiger partial charge is 0.305 e. The normalized spacial score (nSPS) is 14.0. The number of hydrogen-bond donors (Lipinski definition) is 2. The van der Waals surface area contributed by atoms with Crippen LogP contribution in [-0.4, -0.2) is 35.1 Å². The van der Waals surface area contributed by atoms with Crippen molar-refractivity contribution in [3.8, 4) is 5.69 Å². The van der Waals surface area contributed by atoms with Gasteiger partial charge >= 0.3 is 0 Å². The van der Waals surface area contributed by atoms with E-state index < -0.39 is 15.9 Å². The number of carbonyl (C=O) groups excluding carboxylic acids is 1. The molecule has 3 aromatic rings. The fourth-order valence-electron chi connectivity index (χ4n) is 2.72. The molecule has 1 amide bonds. The van der Waals surface area contributed by atoms with Gasteiger partial charge in [-0.1, -0.05) is 6.07 Å². The molecule has 0 unspecified atom stereocenters. The summed E-state index contributed by atoms with van der Waals surface area (Å²) < 4.78 is 29.1. The highest BCUT2D eigenvalue weighted by molar-refractivity contribution is 7.89. The van der Waals surface area contributed by atoms with Gasteiger partial charge in [-0.2, -0.15) is 5.10 Å². The monoisotopic (exact) mass is 397 g/mol. The lowest BCUT2D eigenvalue weighted by Gasteiger charge is -2.10. The third-order valence-electron chi connectivity index (χ3n) is 4.42. The van der Waals surface area contributed by atoms with Gasteiger partial charge in [-0.05, 0) is 49.6 Å². The SMILES string of the molecule is Cc1ccc(S(=O)(=O)NC2CC2)cc1C(=O)Nc1ccn(-c2ccncc2)n1. The van der Waals surface area contributed by atoms with Crippen molar-refractivity contribution in [3.63, 3.8) is 0 Å². The van der Waals surface area contributed by atoms with Crippen LogP contribution in [0.25, 0.3) is 5.69 Å². The van der Waals surface area contributed by atoms with Crippen molar-refractivity contribution in [1.82, 2.24) is 19.5 Å². The summed E-state index contributed by atoms with van der Waals surface area (Å²) in [5.74, 6) is -0.0495. The second-order valence-corrected chi connectivity index (χ2v) is 8.39. The van der Waals surface area contributed by atoms with Gasteiger partial charge < -0.3 is 5.32 Å². The minimum Gasteiger partial charge on any atom is -0.305 e. The summed E-state index contributed by atoms with van der Waals surface area (Å²) >= 11 is 0. The summed E-state index contributed by atoms with van der Waals surface area (Å²) in [6, 6.07) is 9.80. The van der Waals surface area contributed by atoms with Crippen LogP contribution in [0.2, 0.25) is 0 Å². The Kier molecular flexibility index (Phi) is 4.70. The van der Waals surface area contributed by atoms with E-state index in [-0.39, 0.29) is 16.5 Å². The van der Waals surface area contributed by atoms with Crippen LogP contribution in [0.1, 0.15) is 28.8 Å². The van der Waals surface area contributed by atoms with E-state index in [1.807, 2.05) is 0 Å². The molecular weight excluding hydrogens is 378 g/mol. The second kappa shape index (κ2) is 7.17. The van der Waals surface area contributed by atoms with Crippen molar-refractivity contribution < 1.29 is 13.2 Å². The average molecular weight is 397 g/mol. The third-order valence-corrected chi connectivity index (χ3v) is 5.94. The number of pyridine rings is 1. The number of aryl methyl sites for hydroxylation is 1. The number of aromatic nitrogens is 3. The maximum absolute atomic E-state index is 12.7. The van der Waals surface area contributed by atoms with E-state index in [0.717, 1.165) is 18.5 Å². The van der Waals surface area contributed by atoms with Crippen LogP contribution in [0.3, 0.4) is 0 Å². The lowest BCUT2D eigenvalue weighted by molar-refractivity contribution is 0.102. The summed E-state index contributed by atoms with van der Waals surface area (Å²) in [6.45, 7) is 1.76. The predicted molar refractivity (Wildman–Crippen MR) is 104 cm³/mol. The van der Waals surface area contributed by atoms with Gasteiger partial charge in [0.25, 0.3) is 5.91 Å². The Morgan fingerprint density at radius 3 is 2.61 bits per heavy atom. The summed E-state index contributed by atoms with van der Waals surface area (Å²) in [6.07, 6.45) is 6.72. The first-order chi connectivity index (χ1) is 13.4. The minimum absolute atomic E-state index is 0.000677. The van der Waals surface area contributed by atoms with E-state index in [0.29, 0.717) is 11.4 Å². The number of benzene rings is 1. The number of sulfonamides is 1. The molecular formula is C19H19N5O3S. The van der Waals surface area contributed by atoms with Gasteiger partial charge in [-0.25, -0.2) is 17.8 Å². The average Bonchev–Trinajstić information content (AvgIpc) is 3.36. The van der Waals surface area contributed by atoms with Crippen molar-refractivity contribution in [2.75, 3.05) is 5.32 Å². The molecule has 8 nitrogen and oxygen atoms in total. The Morgan fingerprint density at radius 2 is 1.89 bits per heavy atom. The van der Waals surface area contributed by atoms with Crippen LogP contribution < -0.4 is 10.0 Å². The van der Waals surface area contributed by atoms with Crippen LogP contribution in [0, 0.1) is 6.92 Å². The van der Waals surface area contributed by atoms with E-state index in [9.17, 15) is 13.2 Å². The zero-order valence-electron chi connectivity index (χ0n) is 15.2. The highest BCUT2D eigenvalue weighted by atomic mass is 32.2. The molecule has 1 aliphatic carbocycles. The summed E-state index contributed by atoms with van der Waals surface area (Å²) in [7, 11) is -3.63. The molecule has 1 aromatic carbocycles. The summed E-state index contributed by atoms with van der Waals surface area (Å²) in [5, 5.41) is 7.04. The van der Waals surface area contributed by atoms with Crippen molar-refractivity contribution in [2.24, 2.45) is 0 Å². The molecule has 28 heavy (non-hydrogen) atoms. The fourth-order valence-corrected chi connectivity index (χ4v) is 4.05. The molecule has 2 heterocycles. The number of nitrogens with zero attached hydrogens (tertiary/aromatic N) is 3. The number of rotatable bonds is 6. The Balaban J connectivity index is 1.55. The van der Waals surface area contributed by atoms with Gasteiger partial charge in [-0.15, -0.1) is 0 Å². The van der Waals surface area contributed by atoms with Gasteiger partial charge in [-0.3, -0.25) is 9.78 Å².